The van der Waals surface area contributed by atoms with Gasteiger partial charge in [-0.25, -0.2) is 9.37 Å². The van der Waals surface area contributed by atoms with E-state index in [2.05, 4.69) is 15.6 Å². The number of nitrogens with one attached hydrogen (secondary N) is 2. The van der Waals surface area contributed by atoms with Crippen LogP contribution in [0, 0.1) is 5.82 Å². The lowest BCUT2D eigenvalue weighted by molar-refractivity contribution is -0.121. The number of thiazole rings is 1. The number of piperidine rings is 1. The minimum atomic E-state index is -0.281. The molecule has 2 N–H and O–H groups in total. The average molecular weight is 319 g/mol. The SMILES string of the molecule is O=C(Cc1csc(-c2cccc(F)c2)n1)NC1CCCNC1. The third-order valence-electron chi connectivity index (χ3n) is 3.63. The standard InChI is InChI=1S/C16H18FN3OS/c17-12-4-1-3-11(7-12)16-20-14(10-22-16)8-15(21)19-13-5-2-6-18-9-13/h1,3-4,7,10,13,18H,2,5-6,8-9H2,(H,19,21). The molecule has 0 bridgehead atoms. The highest BCUT2D eigenvalue weighted by molar-refractivity contribution is 7.13. The summed E-state index contributed by atoms with van der Waals surface area (Å²) >= 11 is 1.43. The van der Waals surface area contributed by atoms with Crippen molar-refractivity contribution in [1.29, 1.82) is 0 Å². The molecule has 4 nitrogen and oxygen atoms in total. The molecule has 3 rings (SSSR count). The number of hydrogen-bond donors (Lipinski definition) is 2. The normalized spacial score (nSPS) is 18.1. The molecule has 1 fully saturated rings. The van der Waals surface area contributed by atoms with Crippen molar-refractivity contribution in [2.45, 2.75) is 25.3 Å². The number of nitrogens with zero attached hydrogens (tertiary/aromatic N) is 1. The third kappa shape index (κ3) is 3.90. The fourth-order valence-electron chi connectivity index (χ4n) is 2.56. The smallest absolute Gasteiger partial charge is 0.226 e. The summed E-state index contributed by atoms with van der Waals surface area (Å²) < 4.78 is 13.2. The summed E-state index contributed by atoms with van der Waals surface area (Å²) in [5.74, 6) is -0.290. The van der Waals surface area contributed by atoms with Gasteiger partial charge in [-0.2, -0.15) is 0 Å². The number of halogens is 1. The average Bonchev–Trinajstić information content (AvgIpc) is 2.96. The molecule has 116 valence electrons. The predicted octanol–water partition coefficient (Wildman–Crippen LogP) is 2.36. The first-order chi connectivity index (χ1) is 10.7. The van der Waals surface area contributed by atoms with E-state index in [0.717, 1.165) is 42.2 Å². The Morgan fingerprint density at radius 1 is 1.50 bits per heavy atom. The molecule has 2 heterocycles. The molecule has 22 heavy (non-hydrogen) atoms. The van der Waals surface area contributed by atoms with E-state index in [1.807, 2.05) is 11.4 Å². The molecule has 1 atom stereocenters. The molecule has 1 aromatic heterocycles. The van der Waals surface area contributed by atoms with Crippen molar-refractivity contribution in [1.82, 2.24) is 15.6 Å². The first-order valence-electron chi connectivity index (χ1n) is 7.41. The zero-order valence-corrected chi connectivity index (χ0v) is 13.0. The third-order valence-corrected chi connectivity index (χ3v) is 4.57. The second kappa shape index (κ2) is 6.98. The van der Waals surface area contributed by atoms with Gasteiger partial charge < -0.3 is 10.6 Å². The largest absolute Gasteiger partial charge is 0.352 e. The summed E-state index contributed by atoms with van der Waals surface area (Å²) in [6.07, 6.45) is 2.37. The van der Waals surface area contributed by atoms with E-state index < -0.39 is 0 Å². The van der Waals surface area contributed by atoms with Crippen molar-refractivity contribution in [2.24, 2.45) is 0 Å². The van der Waals surface area contributed by atoms with Gasteiger partial charge in [-0.15, -0.1) is 11.3 Å². The predicted molar refractivity (Wildman–Crippen MR) is 85.2 cm³/mol. The van der Waals surface area contributed by atoms with E-state index in [1.165, 1.54) is 23.5 Å². The summed E-state index contributed by atoms with van der Waals surface area (Å²) in [7, 11) is 0. The number of aromatic nitrogens is 1. The number of amides is 1. The highest BCUT2D eigenvalue weighted by Gasteiger charge is 2.16. The van der Waals surface area contributed by atoms with Gasteiger partial charge in [0.15, 0.2) is 0 Å². The Morgan fingerprint density at radius 2 is 2.41 bits per heavy atom. The Balaban J connectivity index is 1.60. The highest BCUT2D eigenvalue weighted by atomic mass is 32.1. The lowest BCUT2D eigenvalue weighted by Crippen LogP contribution is -2.46. The van der Waals surface area contributed by atoms with Gasteiger partial charge in [0.2, 0.25) is 5.91 Å². The zero-order chi connectivity index (χ0) is 15.4. The maximum absolute atomic E-state index is 13.2. The fraction of sp³-hybridized carbons (Fsp3) is 0.375. The Hall–Kier alpha value is -1.79. The van der Waals surface area contributed by atoms with Crippen molar-refractivity contribution in [3.8, 4) is 10.6 Å². The van der Waals surface area contributed by atoms with Gasteiger partial charge in [0.05, 0.1) is 12.1 Å². The van der Waals surface area contributed by atoms with Crippen LogP contribution in [-0.4, -0.2) is 30.0 Å². The molecule has 1 aromatic carbocycles. The Kier molecular flexibility index (Phi) is 4.80. The topological polar surface area (TPSA) is 54.0 Å². The minimum Gasteiger partial charge on any atom is -0.352 e. The summed E-state index contributed by atoms with van der Waals surface area (Å²) in [6, 6.07) is 6.55. The monoisotopic (exact) mass is 319 g/mol. The number of hydrogen-bond acceptors (Lipinski definition) is 4. The molecule has 0 saturated carbocycles. The molecule has 0 radical (unpaired) electrons. The molecule has 1 saturated heterocycles. The fourth-order valence-corrected chi connectivity index (χ4v) is 3.38. The maximum atomic E-state index is 13.2. The molecule has 0 spiro atoms. The van der Waals surface area contributed by atoms with Gasteiger partial charge in [0, 0.05) is 23.5 Å². The molecule has 1 unspecified atom stereocenters. The van der Waals surface area contributed by atoms with Gasteiger partial charge in [-0.05, 0) is 31.5 Å². The second-order valence-corrected chi connectivity index (χ2v) is 6.30. The maximum Gasteiger partial charge on any atom is 0.226 e. The first kappa shape index (κ1) is 15.1. The Bertz CT molecular complexity index is 652. The van der Waals surface area contributed by atoms with Gasteiger partial charge in [-0.1, -0.05) is 12.1 Å². The van der Waals surface area contributed by atoms with Crippen LogP contribution in [0.1, 0.15) is 18.5 Å². The number of carbonyl (C=O) groups is 1. The molecule has 1 aliphatic rings. The van der Waals surface area contributed by atoms with E-state index in [4.69, 9.17) is 0 Å². The van der Waals surface area contributed by atoms with Crippen molar-refractivity contribution in [3.63, 3.8) is 0 Å². The van der Waals surface area contributed by atoms with Crippen molar-refractivity contribution in [2.75, 3.05) is 13.1 Å². The van der Waals surface area contributed by atoms with E-state index >= 15 is 0 Å². The van der Waals surface area contributed by atoms with Crippen LogP contribution in [0.5, 0.6) is 0 Å². The van der Waals surface area contributed by atoms with Crippen molar-refractivity contribution in [3.05, 3.63) is 41.2 Å². The van der Waals surface area contributed by atoms with E-state index in [9.17, 15) is 9.18 Å². The summed E-state index contributed by atoms with van der Waals surface area (Å²) in [5.41, 5.74) is 1.47. The summed E-state index contributed by atoms with van der Waals surface area (Å²) in [6.45, 7) is 1.85. The molecule has 1 amide bonds. The van der Waals surface area contributed by atoms with Crippen LogP contribution in [0.15, 0.2) is 29.6 Å². The molecule has 2 aromatic rings. The molecular formula is C16H18FN3OS. The minimum absolute atomic E-state index is 0.00945. The summed E-state index contributed by atoms with van der Waals surface area (Å²) in [5, 5.41) is 8.90. The van der Waals surface area contributed by atoms with Crippen LogP contribution < -0.4 is 10.6 Å². The number of carbonyl (C=O) groups excluding carboxylic acids is 1. The Labute approximate surface area is 132 Å². The quantitative estimate of drug-likeness (QED) is 0.909. The zero-order valence-electron chi connectivity index (χ0n) is 12.1. The highest BCUT2D eigenvalue weighted by Crippen LogP contribution is 2.24. The lowest BCUT2D eigenvalue weighted by atomic mass is 10.1. The molecular weight excluding hydrogens is 301 g/mol. The van der Waals surface area contributed by atoms with Crippen LogP contribution in [0.25, 0.3) is 10.6 Å². The van der Waals surface area contributed by atoms with Crippen LogP contribution in [0.4, 0.5) is 4.39 Å². The molecule has 0 aliphatic carbocycles. The number of benzene rings is 1. The van der Waals surface area contributed by atoms with Gasteiger partial charge >= 0.3 is 0 Å². The van der Waals surface area contributed by atoms with Gasteiger partial charge in [-0.3, -0.25) is 4.79 Å². The van der Waals surface area contributed by atoms with Crippen molar-refractivity contribution < 1.29 is 9.18 Å². The lowest BCUT2D eigenvalue weighted by Gasteiger charge is -2.23. The van der Waals surface area contributed by atoms with Crippen LogP contribution in [-0.2, 0) is 11.2 Å². The van der Waals surface area contributed by atoms with Crippen LogP contribution in [0.3, 0.4) is 0 Å². The second-order valence-electron chi connectivity index (χ2n) is 5.44. The van der Waals surface area contributed by atoms with Crippen molar-refractivity contribution >= 4 is 17.2 Å². The van der Waals surface area contributed by atoms with Crippen LogP contribution in [0.2, 0.25) is 0 Å². The Morgan fingerprint density at radius 3 is 3.18 bits per heavy atom. The van der Waals surface area contributed by atoms with E-state index in [-0.39, 0.29) is 24.2 Å². The first-order valence-corrected chi connectivity index (χ1v) is 8.29. The number of rotatable bonds is 4. The van der Waals surface area contributed by atoms with Crippen LogP contribution >= 0.6 is 11.3 Å². The summed E-state index contributed by atoms with van der Waals surface area (Å²) in [4.78, 5) is 16.5. The molecule has 1 aliphatic heterocycles. The molecule has 6 heteroatoms. The van der Waals surface area contributed by atoms with Gasteiger partial charge in [0.25, 0.3) is 0 Å². The van der Waals surface area contributed by atoms with E-state index in [1.54, 1.807) is 6.07 Å². The van der Waals surface area contributed by atoms with E-state index in [0.29, 0.717) is 0 Å². The van der Waals surface area contributed by atoms with Gasteiger partial charge in [0.1, 0.15) is 10.8 Å².